The van der Waals surface area contributed by atoms with Crippen LogP contribution in [0.1, 0.15) is 17.0 Å². The first kappa shape index (κ1) is 23.8. The summed E-state index contributed by atoms with van der Waals surface area (Å²) in [7, 11) is 1.42. The van der Waals surface area contributed by atoms with Gasteiger partial charge in [-0.1, -0.05) is 6.07 Å². The Labute approximate surface area is 204 Å². The Bertz CT molecular complexity index is 1450. The number of nitrogens with one attached hydrogen (secondary N) is 1. The Morgan fingerprint density at radius 3 is 2.54 bits per heavy atom. The molecule has 1 N–H and O–H groups in total. The Morgan fingerprint density at radius 2 is 1.89 bits per heavy atom. The summed E-state index contributed by atoms with van der Waals surface area (Å²) in [4.78, 5) is 38.1. The van der Waals surface area contributed by atoms with Gasteiger partial charge in [0.2, 0.25) is 0 Å². The Balaban J connectivity index is 1.80. The number of benzene rings is 2. The molecular formula is C24H19FN4O5S. The quantitative estimate of drug-likeness (QED) is 0.189. The number of carbonyl (C=O) groups excluding carboxylic acids is 2. The minimum Gasteiger partial charge on any atom is -0.496 e. The highest BCUT2D eigenvalue weighted by molar-refractivity contribution is 7.80. The molecule has 1 fully saturated rings. The number of thiocarbonyl (C=S) groups is 1. The third-order valence-electron chi connectivity index (χ3n) is 5.56. The minimum absolute atomic E-state index is 0.165. The van der Waals surface area contributed by atoms with Crippen molar-refractivity contribution in [3.63, 3.8) is 0 Å². The van der Waals surface area contributed by atoms with E-state index in [1.54, 1.807) is 36.6 Å². The number of anilines is 1. The summed E-state index contributed by atoms with van der Waals surface area (Å²) in [5, 5.41) is 14.0. The fourth-order valence-electron chi connectivity index (χ4n) is 3.93. The Morgan fingerprint density at radius 1 is 1.14 bits per heavy atom. The van der Waals surface area contributed by atoms with Crippen molar-refractivity contribution >= 4 is 46.6 Å². The fourth-order valence-corrected chi connectivity index (χ4v) is 4.21. The van der Waals surface area contributed by atoms with E-state index >= 15 is 0 Å². The van der Waals surface area contributed by atoms with Crippen LogP contribution in [0, 0.1) is 29.8 Å². The summed E-state index contributed by atoms with van der Waals surface area (Å²) < 4.78 is 20.5. The van der Waals surface area contributed by atoms with E-state index in [1.807, 2.05) is 0 Å². The van der Waals surface area contributed by atoms with Crippen molar-refractivity contribution in [2.75, 3.05) is 12.0 Å². The second kappa shape index (κ2) is 9.11. The first-order valence-corrected chi connectivity index (χ1v) is 10.7. The summed E-state index contributed by atoms with van der Waals surface area (Å²) in [5.41, 5.74) is 1.80. The van der Waals surface area contributed by atoms with Crippen molar-refractivity contribution in [3.05, 3.63) is 87.0 Å². The van der Waals surface area contributed by atoms with Crippen LogP contribution in [0.5, 0.6) is 5.75 Å². The molecule has 178 valence electrons. The zero-order valence-electron chi connectivity index (χ0n) is 18.9. The van der Waals surface area contributed by atoms with Crippen molar-refractivity contribution in [1.29, 1.82) is 0 Å². The van der Waals surface area contributed by atoms with Crippen LogP contribution in [0.15, 0.2) is 54.1 Å². The zero-order valence-corrected chi connectivity index (χ0v) is 19.7. The van der Waals surface area contributed by atoms with Gasteiger partial charge in [-0.2, -0.15) is 0 Å². The third-order valence-corrected chi connectivity index (χ3v) is 5.84. The maximum Gasteiger partial charge on any atom is 0.296 e. The number of hydrogen-bond donors (Lipinski definition) is 1. The van der Waals surface area contributed by atoms with E-state index in [2.05, 4.69) is 5.32 Å². The standard InChI is InChI=1S/C24H19FN4O5S/c1-13-9-15(14(2)27(13)20-8-7-18(34-3)12-21(20)29(32)33)10-19-22(30)26-24(35)28(23(19)31)17-6-4-5-16(25)11-17/h4-12H,1-3H3,(H,26,30,35)/b19-10+. The zero-order chi connectivity index (χ0) is 25.4. The number of rotatable bonds is 5. The number of halogens is 1. The van der Waals surface area contributed by atoms with E-state index in [0.29, 0.717) is 28.4 Å². The Hall–Kier alpha value is -4.38. The van der Waals surface area contributed by atoms with Crippen LogP contribution in [0.2, 0.25) is 0 Å². The fraction of sp³-hybridized carbons (Fsp3) is 0.125. The number of nitro benzene ring substituents is 1. The van der Waals surface area contributed by atoms with Crippen LogP contribution < -0.4 is 15.0 Å². The smallest absolute Gasteiger partial charge is 0.296 e. The molecule has 2 aromatic carbocycles. The number of hydrogen-bond acceptors (Lipinski definition) is 6. The molecule has 9 nitrogen and oxygen atoms in total. The van der Waals surface area contributed by atoms with Crippen molar-refractivity contribution in [3.8, 4) is 11.4 Å². The summed E-state index contributed by atoms with van der Waals surface area (Å²) in [6.07, 6.45) is 1.39. The molecule has 0 unspecified atom stereocenters. The number of nitro groups is 1. The lowest BCUT2D eigenvalue weighted by Gasteiger charge is -2.28. The number of aryl methyl sites for hydroxylation is 1. The molecule has 0 aliphatic carbocycles. The van der Waals surface area contributed by atoms with Gasteiger partial charge in [-0.3, -0.25) is 29.9 Å². The Kier molecular flexibility index (Phi) is 6.18. The van der Waals surface area contributed by atoms with Crippen LogP contribution in [0.25, 0.3) is 11.8 Å². The number of carbonyl (C=O) groups is 2. The third kappa shape index (κ3) is 4.28. The molecule has 0 radical (unpaired) electrons. The number of nitrogens with zero attached hydrogens (tertiary/aromatic N) is 3. The van der Waals surface area contributed by atoms with Crippen LogP contribution in [0.3, 0.4) is 0 Å². The summed E-state index contributed by atoms with van der Waals surface area (Å²) >= 11 is 5.14. The van der Waals surface area contributed by atoms with Crippen LogP contribution in [-0.4, -0.2) is 33.5 Å². The number of aromatic nitrogens is 1. The van der Waals surface area contributed by atoms with Gasteiger partial charge in [0.05, 0.1) is 23.8 Å². The summed E-state index contributed by atoms with van der Waals surface area (Å²) in [6, 6.07) is 11.5. The van der Waals surface area contributed by atoms with Crippen molar-refractivity contribution in [2.45, 2.75) is 13.8 Å². The van der Waals surface area contributed by atoms with E-state index in [-0.39, 0.29) is 22.1 Å². The van der Waals surface area contributed by atoms with Gasteiger partial charge < -0.3 is 9.30 Å². The van der Waals surface area contributed by atoms with Crippen LogP contribution in [-0.2, 0) is 9.59 Å². The molecule has 0 atom stereocenters. The molecule has 2 amide bonds. The lowest BCUT2D eigenvalue weighted by atomic mass is 10.1. The predicted molar refractivity (Wildman–Crippen MR) is 131 cm³/mol. The monoisotopic (exact) mass is 494 g/mol. The normalized spacial score (nSPS) is 14.9. The van der Waals surface area contributed by atoms with Gasteiger partial charge in [0, 0.05) is 11.4 Å². The van der Waals surface area contributed by atoms with Crippen LogP contribution in [0.4, 0.5) is 15.8 Å². The highest BCUT2D eigenvalue weighted by atomic mass is 32.1. The van der Waals surface area contributed by atoms with Gasteiger partial charge >= 0.3 is 0 Å². The number of amides is 2. The molecule has 3 aromatic rings. The molecule has 1 saturated heterocycles. The van der Waals surface area contributed by atoms with Gasteiger partial charge in [0.1, 0.15) is 22.8 Å². The molecule has 1 aromatic heterocycles. The summed E-state index contributed by atoms with van der Waals surface area (Å²) in [5.74, 6) is -1.65. The maximum atomic E-state index is 13.8. The topological polar surface area (TPSA) is 107 Å². The molecule has 4 rings (SSSR count). The molecule has 2 heterocycles. The molecule has 11 heteroatoms. The van der Waals surface area contributed by atoms with E-state index < -0.39 is 22.6 Å². The average molecular weight is 495 g/mol. The van der Waals surface area contributed by atoms with Crippen LogP contribution >= 0.6 is 12.2 Å². The molecule has 0 spiro atoms. The lowest BCUT2D eigenvalue weighted by Crippen LogP contribution is -2.54. The molecule has 1 aliphatic rings. The molecule has 0 bridgehead atoms. The van der Waals surface area contributed by atoms with Gasteiger partial charge in [0.25, 0.3) is 17.5 Å². The first-order chi connectivity index (χ1) is 16.6. The van der Waals surface area contributed by atoms with Gasteiger partial charge in [-0.25, -0.2) is 4.39 Å². The molecule has 35 heavy (non-hydrogen) atoms. The highest BCUT2D eigenvalue weighted by Gasteiger charge is 2.35. The van der Waals surface area contributed by atoms with Crippen molar-refractivity contribution in [1.82, 2.24) is 9.88 Å². The lowest BCUT2D eigenvalue weighted by molar-refractivity contribution is -0.384. The number of ether oxygens (including phenoxy) is 1. The van der Waals surface area contributed by atoms with E-state index in [4.69, 9.17) is 17.0 Å². The second-order valence-electron chi connectivity index (χ2n) is 7.71. The second-order valence-corrected chi connectivity index (χ2v) is 8.10. The summed E-state index contributed by atoms with van der Waals surface area (Å²) in [6.45, 7) is 3.47. The largest absolute Gasteiger partial charge is 0.496 e. The van der Waals surface area contributed by atoms with Crippen molar-refractivity contribution in [2.24, 2.45) is 0 Å². The minimum atomic E-state index is -0.718. The van der Waals surface area contributed by atoms with Gasteiger partial charge in [0.15, 0.2) is 5.11 Å². The molecule has 1 aliphatic heterocycles. The SMILES string of the molecule is COc1ccc(-n2c(C)cc(/C=C3\C(=O)NC(=S)N(c4cccc(F)c4)C3=O)c2C)c([N+](=O)[O-])c1. The average Bonchev–Trinajstić information content (AvgIpc) is 3.08. The van der Waals surface area contributed by atoms with Gasteiger partial charge in [-0.15, -0.1) is 0 Å². The van der Waals surface area contributed by atoms with E-state index in [0.717, 1.165) is 11.0 Å². The molecule has 0 saturated carbocycles. The van der Waals surface area contributed by atoms with E-state index in [9.17, 15) is 24.1 Å². The first-order valence-electron chi connectivity index (χ1n) is 10.3. The highest BCUT2D eigenvalue weighted by Crippen LogP contribution is 2.32. The van der Waals surface area contributed by atoms with Gasteiger partial charge in [-0.05, 0) is 74.1 Å². The molecular weight excluding hydrogens is 475 g/mol. The number of methoxy groups -OCH3 is 1. The van der Waals surface area contributed by atoms with Crippen molar-refractivity contribution < 1.29 is 23.6 Å². The maximum absolute atomic E-state index is 13.8. The van der Waals surface area contributed by atoms with E-state index in [1.165, 1.54) is 37.5 Å². The predicted octanol–water partition coefficient (Wildman–Crippen LogP) is 3.98.